The molecular formula is C25H31Br2NO4. The van der Waals surface area contributed by atoms with Crippen LogP contribution in [0.1, 0.15) is 64.7 Å². The first-order chi connectivity index (χ1) is 15.4. The molecule has 174 valence electrons. The molecule has 0 spiro atoms. The number of nitrogens with zero attached hydrogens (tertiary/aromatic N) is 1. The molecule has 1 aliphatic heterocycles. The predicted octanol–water partition coefficient (Wildman–Crippen LogP) is 6.02. The number of ether oxygens (including phenoxy) is 1. The van der Waals surface area contributed by atoms with Gasteiger partial charge in [-0.15, -0.1) is 0 Å². The number of anilines is 1. The molecular weight excluding hydrogens is 538 g/mol. The third-order valence-corrected chi connectivity index (χ3v) is 10.5. The van der Waals surface area contributed by atoms with Gasteiger partial charge in [0.15, 0.2) is 0 Å². The SMILES string of the molecule is CCCCCCCCCC(=O)Oc1cccc(N2C(=O)[C@@H]3[C@H]4C[C@@H]([C@H](Br)[C@H]4Br)[C@@H]3C2=O)c1. The summed E-state index contributed by atoms with van der Waals surface area (Å²) < 4.78 is 5.51. The third kappa shape index (κ3) is 4.56. The molecule has 0 radical (unpaired) electrons. The topological polar surface area (TPSA) is 63.7 Å². The zero-order valence-electron chi connectivity index (χ0n) is 18.5. The Kier molecular flexibility index (Phi) is 7.76. The Hall–Kier alpha value is -1.21. The van der Waals surface area contributed by atoms with Crippen LogP contribution in [0, 0.1) is 23.7 Å². The zero-order chi connectivity index (χ0) is 22.8. The zero-order valence-corrected chi connectivity index (χ0v) is 21.6. The van der Waals surface area contributed by atoms with E-state index in [9.17, 15) is 14.4 Å². The lowest BCUT2D eigenvalue weighted by atomic mass is 9.81. The molecule has 0 unspecified atom stereocenters. The Bertz CT molecular complexity index is 843. The maximum atomic E-state index is 13.2. The molecule has 2 saturated carbocycles. The van der Waals surface area contributed by atoms with Crippen LogP contribution in [0.5, 0.6) is 5.75 Å². The molecule has 3 fully saturated rings. The molecule has 7 heteroatoms. The molecule has 2 aliphatic carbocycles. The highest BCUT2D eigenvalue weighted by Crippen LogP contribution is 2.60. The first-order valence-electron chi connectivity index (χ1n) is 11.9. The summed E-state index contributed by atoms with van der Waals surface area (Å²) in [5.74, 6) is -0.284. The third-order valence-electron chi connectivity index (χ3n) is 7.28. The Balaban J connectivity index is 1.34. The average molecular weight is 569 g/mol. The van der Waals surface area contributed by atoms with Gasteiger partial charge in [-0.1, -0.05) is 83.4 Å². The van der Waals surface area contributed by atoms with E-state index in [1.165, 1.54) is 30.6 Å². The van der Waals surface area contributed by atoms with Gasteiger partial charge in [0.05, 0.1) is 17.5 Å². The fourth-order valence-electron chi connectivity index (χ4n) is 5.70. The quantitative estimate of drug-likeness (QED) is 0.114. The number of fused-ring (bicyclic) bond motifs is 5. The van der Waals surface area contributed by atoms with E-state index in [0.717, 1.165) is 25.7 Å². The van der Waals surface area contributed by atoms with Crippen molar-refractivity contribution in [2.24, 2.45) is 23.7 Å². The van der Waals surface area contributed by atoms with Crippen molar-refractivity contribution in [1.29, 1.82) is 0 Å². The molecule has 0 N–H and O–H groups in total. The second-order valence-corrected chi connectivity index (χ2v) is 11.5. The van der Waals surface area contributed by atoms with Crippen molar-refractivity contribution in [3.8, 4) is 5.75 Å². The molecule has 1 aromatic rings. The van der Waals surface area contributed by atoms with Gasteiger partial charge < -0.3 is 4.74 Å². The summed E-state index contributed by atoms with van der Waals surface area (Å²) in [5.41, 5.74) is 0.493. The van der Waals surface area contributed by atoms with Crippen LogP contribution in [-0.2, 0) is 14.4 Å². The number of alkyl halides is 2. The maximum absolute atomic E-state index is 13.2. The van der Waals surface area contributed by atoms with Crippen LogP contribution in [-0.4, -0.2) is 27.4 Å². The standard InChI is InChI=1S/C25H31Br2NO4/c1-2-3-4-5-6-7-8-12-19(29)32-16-11-9-10-15(13-16)28-24(30)20-17-14-18(21(20)25(28)31)23(27)22(17)26/h9-11,13,17-18,20-23H,2-8,12,14H2,1H3/t17-,18-,20-,21+,22+,23+/m1/s1. The number of esters is 1. The molecule has 1 heterocycles. The second-order valence-electron chi connectivity index (χ2n) is 9.36. The van der Waals surface area contributed by atoms with Crippen LogP contribution < -0.4 is 9.64 Å². The fourth-order valence-corrected chi connectivity index (χ4v) is 7.57. The molecule has 5 nitrogen and oxygen atoms in total. The lowest BCUT2D eigenvalue weighted by Gasteiger charge is -2.28. The van der Waals surface area contributed by atoms with E-state index in [1.54, 1.807) is 24.3 Å². The van der Waals surface area contributed by atoms with E-state index in [1.807, 2.05) is 0 Å². The van der Waals surface area contributed by atoms with Gasteiger partial charge in [-0.05, 0) is 36.8 Å². The molecule has 1 saturated heterocycles. The molecule has 0 aromatic heterocycles. The van der Waals surface area contributed by atoms with Gasteiger partial charge in [0, 0.05) is 22.1 Å². The number of unbranched alkanes of at least 4 members (excludes halogenated alkanes) is 6. The summed E-state index contributed by atoms with van der Waals surface area (Å²) in [6, 6.07) is 6.81. The van der Waals surface area contributed by atoms with E-state index < -0.39 is 0 Å². The van der Waals surface area contributed by atoms with Gasteiger partial charge >= 0.3 is 5.97 Å². The summed E-state index contributed by atoms with van der Waals surface area (Å²) in [7, 11) is 0. The van der Waals surface area contributed by atoms with Crippen molar-refractivity contribution < 1.29 is 19.1 Å². The maximum Gasteiger partial charge on any atom is 0.311 e. The van der Waals surface area contributed by atoms with Crippen LogP contribution in [0.4, 0.5) is 5.69 Å². The van der Waals surface area contributed by atoms with Crippen LogP contribution in [0.15, 0.2) is 24.3 Å². The summed E-state index contributed by atoms with van der Waals surface area (Å²) in [4.78, 5) is 40.4. The van der Waals surface area contributed by atoms with Gasteiger partial charge in [-0.2, -0.15) is 0 Å². The monoisotopic (exact) mass is 567 g/mol. The molecule has 4 rings (SSSR count). The van der Waals surface area contributed by atoms with Gasteiger partial charge in [-0.3, -0.25) is 14.4 Å². The summed E-state index contributed by atoms with van der Waals surface area (Å²) in [5, 5.41) is 0. The van der Waals surface area contributed by atoms with Gasteiger partial charge in [0.1, 0.15) is 5.75 Å². The first kappa shape index (κ1) is 23.9. The van der Waals surface area contributed by atoms with Gasteiger partial charge in [0.25, 0.3) is 0 Å². The minimum absolute atomic E-state index is 0.122. The highest BCUT2D eigenvalue weighted by atomic mass is 79.9. The Morgan fingerprint density at radius 2 is 1.56 bits per heavy atom. The highest BCUT2D eigenvalue weighted by molar-refractivity contribution is 9.12. The normalized spacial score (nSPS) is 30.8. The van der Waals surface area contributed by atoms with Crippen LogP contribution >= 0.6 is 31.9 Å². The van der Waals surface area contributed by atoms with E-state index in [4.69, 9.17) is 4.74 Å². The number of amides is 2. The van der Waals surface area contributed by atoms with E-state index in [2.05, 4.69) is 38.8 Å². The number of halogens is 2. The van der Waals surface area contributed by atoms with Crippen LogP contribution in [0.25, 0.3) is 0 Å². The van der Waals surface area contributed by atoms with Gasteiger partial charge in [-0.25, -0.2) is 4.90 Å². The molecule has 2 bridgehead atoms. The Labute approximate surface area is 206 Å². The number of hydrogen-bond donors (Lipinski definition) is 0. The Morgan fingerprint density at radius 3 is 2.19 bits per heavy atom. The van der Waals surface area contributed by atoms with Crippen molar-refractivity contribution >= 4 is 55.3 Å². The Morgan fingerprint density at radius 1 is 0.969 bits per heavy atom. The number of carbonyl (C=O) groups excluding carboxylic acids is 3. The first-order valence-corrected chi connectivity index (χ1v) is 13.7. The molecule has 3 aliphatic rings. The second kappa shape index (κ2) is 10.4. The van der Waals surface area contributed by atoms with Crippen molar-refractivity contribution in [2.45, 2.75) is 74.4 Å². The van der Waals surface area contributed by atoms with E-state index in [0.29, 0.717) is 17.9 Å². The largest absolute Gasteiger partial charge is 0.426 e. The summed E-state index contributed by atoms with van der Waals surface area (Å²) in [6.07, 6.45) is 9.28. The van der Waals surface area contributed by atoms with Crippen molar-refractivity contribution in [1.82, 2.24) is 0 Å². The number of carbonyl (C=O) groups is 3. The summed E-state index contributed by atoms with van der Waals surface area (Å²) in [6.45, 7) is 2.20. The van der Waals surface area contributed by atoms with Gasteiger partial charge in [0.2, 0.25) is 11.8 Å². The number of rotatable bonds is 10. The molecule has 32 heavy (non-hydrogen) atoms. The number of imide groups is 1. The summed E-state index contributed by atoms with van der Waals surface area (Å²) >= 11 is 7.43. The van der Waals surface area contributed by atoms with Crippen molar-refractivity contribution in [2.75, 3.05) is 4.90 Å². The minimum Gasteiger partial charge on any atom is -0.426 e. The van der Waals surface area contributed by atoms with E-state index in [-0.39, 0.29) is 51.1 Å². The number of hydrogen-bond acceptors (Lipinski definition) is 4. The fraction of sp³-hybridized carbons (Fsp3) is 0.640. The van der Waals surface area contributed by atoms with E-state index >= 15 is 0 Å². The lowest BCUT2D eigenvalue weighted by molar-refractivity contribution is -0.134. The lowest BCUT2D eigenvalue weighted by Crippen LogP contribution is -2.37. The predicted molar refractivity (Wildman–Crippen MR) is 131 cm³/mol. The van der Waals surface area contributed by atoms with Crippen molar-refractivity contribution in [3.63, 3.8) is 0 Å². The van der Waals surface area contributed by atoms with Crippen LogP contribution in [0.2, 0.25) is 0 Å². The molecule has 6 atom stereocenters. The molecule has 2 amide bonds. The van der Waals surface area contributed by atoms with Crippen LogP contribution in [0.3, 0.4) is 0 Å². The number of benzene rings is 1. The smallest absolute Gasteiger partial charge is 0.311 e. The minimum atomic E-state index is -0.269. The average Bonchev–Trinajstić information content (AvgIpc) is 3.38. The highest BCUT2D eigenvalue weighted by Gasteiger charge is 2.66. The van der Waals surface area contributed by atoms with Crippen molar-refractivity contribution in [3.05, 3.63) is 24.3 Å². The molecule has 1 aromatic carbocycles.